The number of halogens is 1. The molecule has 0 unspecified atom stereocenters. The van der Waals surface area contributed by atoms with Gasteiger partial charge in [-0.1, -0.05) is 18.2 Å². The molecule has 1 saturated carbocycles. The quantitative estimate of drug-likeness (QED) is 0.618. The SMILES string of the molecule is CN=C(NCCc1ccccc1F)NCC1CC1. The summed E-state index contributed by atoms with van der Waals surface area (Å²) in [4.78, 5) is 4.14. The molecule has 18 heavy (non-hydrogen) atoms. The van der Waals surface area contributed by atoms with Crippen LogP contribution < -0.4 is 10.6 Å². The third kappa shape index (κ3) is 4.02. The summed E-state index contributed by atoms with van der Waals surface area (Å²) in [6.07, 6.45) is 3.30. The highest BCUT2D eigenvalue weighted by atomic mass is 19.1. The zero-order valence-corrected chi connectivity index (χ0v) is 10.7. The molecule has 3 nitrogen and oxygen atoms in total. The van der Waals surface area contributed by atoms with Gasteiger partial charge in [-0.25, -0.2) is 4.39 Å². The lowest BCUT2D eigenvalue weighted by Gasteiger charge is -2.11. The first-order valence-electron chi connectivity index (χ1n) is 6.47. The lowest BCUT2D eigenvalue weighted by atomic mass is 10.1. The molecule has 0 radical (unpaired) electrons. The number of aliphatic imine (C=N–C) groups is 1. The van der Waals surface area contributed by atoms with E-state index in [1.165, 1.54) is 18.9 Å². The van der Waals surface area contributed by atoms with Crippen LogP contribution in [0.15, 0.2) is 29.3 Å². The predicted octanol–water partition coefficient (Wildman–Crippen LogP) is 1.94. The second-order valence-corrected chi connectivity index (χ2v) is 4.66. The number of nitrogens with one attached hydrogen (secondary N) is 2. The van der Waals surface area contributed by atoms with Crippen molar-refractivity contribution in [3.05, 3.63) is 35.6 Å². The number of nitrogens with zero attached hydrogens (tertiary/aromatic N) is 1. The van der Waals surface area contributed by atoms with Crippen LogP contribution in [0, 0.1) is 11.7 Å². The molecular formula is C14H20FN3. The maximum atomic E-state index is 13.4. The number of hydrogen-bond acceptors (Lipinski definition) is 1. The molecule has 0 heterocycles. The van der Waals surface area contributed by atoms with E-state index in [2.05, 4.69) is 15.6 Å². The van der Waals surface area contributed by atoms with Crippen LogP contribution in [0.4, 0.5) is 4.39 Å². The monoisotopic (exact) mass is 249 g/mol. The standard InChI is InChI=1S/C14H20FN3/c1-16-14(18-10-11-6-7-11)17-9-8-12-4-2-3-5-13(12)15/h2-5,11H,6-10H2,1H3,(H2,16,17,18). The Hall–Kier alpha value is -1.58. The predicted molar refractivity (Wildman–Crippen MR) is 72.2 cm³/mol. The summed E-state index contributed by atoms with van der Waals surface area (Å²) in [5.41, 5.74) is 0.739. The van der Waals surface area contributed by atoms with Gasteiger partial charge in [-0.05, 0) is 36.8 Å². The Bertz CT molecular complexity index is 413. The maximum absolute atomic E-state index is 13.4. The zero-order chi connectivity index (χ0) is 12.8. The van der Waals surface area contributed by atoms with E-state index in [9.17, 15) is 4.39 Å². The summed E-state index contributed by atoms with van der Waals surface area (Å²) in [5.74, 6) is 1.48. The van der Waals surface area contributed by atoms with Crippen LogP contribution in [0.5, 0.6) is 0 Å². The van der Waals surface area contributed by atoms with Crippen LogP contribution in [-0.4, -0.2) is 26.1 Å². The number of benzene rings is 1. The van der Waals surface area contributed by atoms with E-state index in [0.717, 1.165) is 24.0 Å². The lowest BCUT2D eigenvalue weighted by Crippen LogP contribution is -2.39. The lowest BCUT2D eigenvalue weighted by molar-refractivity contribution is 0.606. The first-order chi connectivity index (χ1) is 8.79. The fourth-order valence-corrected chi connectivity index (χ4v) is 1.80. The van der Waals surface area contributed by atoms with Crippen molar-refractivity contribution < 1.29 is 4.39 Å². The van der Waals surface area contributed by atoms with E-state index in [4.69, 9.17) is 0 Å². The average Bonchev–Trinajstić information content (AvgIpc) is 3.19. The average molecular weight is 249 g/mol. The van der Waals surface area contributed by atoms with E-state index in [0.29, 0.717) is 13.0 Å². The van der Waals surface area contributed by atoms with Gasteiger partial charge in [0.1, 0.15) is 5.82 Å². The molecule has 1 aromatic rings. The van der Waals surface area contributed by atoms with Crippen molar-refractivity contribution in [3.8, 4) is 0 Å². The van der Waals surface area contributed by atoms with E-state index in [1.54, 1.807) is 13.1 Å². The summed E-state index contributed by atoms with van der Waals surface area (Å²) in [7, 11) is 1.76. The number of hydrogen-bond donors (Lipinski definition) is 2. The highest BCUT2D eigenvalue weighted by Gasteiger charge is 2.20. The third-order valence-electron chi connectivity index (χ3n) is 3.12. The first-order valence-corrected chi connectivity index (χ1v) is 6.47. The molecule has 98 valence electrons. The molecule has 0 atom stereocenters. The van der Waals surface area contributed by atoms with Crippen LogP contribution in [0.25, 0.3) is 0 Å². The van der Waals surface area contributed by atoms with Crippen LogP contribution >= 0.6 is 0 Å². The van der Waals surface area contributed by atoms with Crippen molar-refractivity contribution in [2.24, 2.45) is 10.9 Å². The fraction of sp³-hybridized carbons (Fsp3) is 0.500. The van der Waals surface area contributed by atoms with Gasteiger partial charge in [0.25, 0.3) is 0 Å². The molecule has 1 fully saturated rings. The van der Waals surface area contributed by atoms with Gasteiger partial charge in [0.2, 0.25) is 0 Å². The highest BCUT2D eigenvalue weighted by molar-refractivity contribution is 5.79. The van der Waals surface area contributed by atoms with E-state index < -0.39 is 0 Å². The van der Waals surface area contributed by atoms with Crippen LogP contribution in [0.2, 0.25) is 0 Å². The van der Waals surface area contributed by atoms with Crippen molar-refractivity contribution in [1.82, 2.24) is 10.6 Å². The largest absolute Gasteiger partial charge is 0.356 e. The molecule has 2 N–H and O–H groups in total. The summed E-state index contributed by atoms with van der Waals surface area (Å²) < 4.78 is 13.4. The number of guanidine groups is 1. The van der Waals surface area contributed by atoms with Crippen molar-refractivity contribution in [1.29, 1.82) is 0 Å². The Kier molecular flexibility index (Phi) is 4.56. The van der Waals surface area contributed by atoms with Gasteiger partial charge >= 0.3 is 0 Å². The van der Waals surface area contributed by atoms with Crippen molar-refractivity contribution >= 4 is 5.96 Å². The van der Waals surface area contributed by atoms with Gasteiger partial charge in [0.15, 0.2) is 5.96 Å². The van der Waals surface area contributed by atoms with Gasteiger partial charge in [0.05, 0.1) is 0 Å². The molecule has 1 aromatic carbocycles. The Balaban J connectivity index is 1.71. The Labute approximate surface area is 108 Å². The molecule has 0 aliphatic heterocycles. The van der Waals surface area contributed by atoms with Crippen molar-refractivity contribution in [2.45, 2.75) is 19.3 Å². The summed E-state index contributed by atoms with van der Waals surface area (Å²) in [6, 6.07) is 6.88. The molecule has 0 spiro atoms. The molecule has 1 aliphatic rings. The van der Waals surface area contributed by atoms with Gasteiger partial charge in [-0.3, -0.25) is 4.99 Å². The topological polar surface area (TPSA) is 36.4 Å². The summed E-state index contributed by atoms with van der Waals surface area (Å²) >= 11 is 0. The summed E-state index contributed by atoms with van der Waals surface area (Å²) in [6.45, 7) is 1.67. The second kappa shape index (κ2) is 6.38. The first kappa shape index (κ1) is 12.9. The Morgan fingerprint density at radius 1 is 1.33 bits per heavy atom. The fourth-order valence-electron chi connectivity index (χ4n) is 1.80. The minimum atomic E-state index is -0.139. The molecule has 0 amide bonds. The Morgan fingerprint density at radius 3 is 2.78 bits per heavy atom. The molecule has 0 aromatic heterocycles. The molecule has 4 heteroatoms. The zero-order valence-electron chi connectivity index (χ0n) is 10.7. The normalized spacial score (nSPS) is 15.6. The smallest absolute Gasteiger partial charge is 0.190 e. The minimum absolute atomic E-state index is 0.139. The molecular weight excluding hydrogens is 229 g/mol. The third-order valence-corrected chi connectivity index (χ3v) is 3.12. The second-order valence-electron chi connectivity index (χ2n) is 4.66. The van der Waals surface area contributed by atoms with E-state index in [1.807, 2.05) is 12.1 Å². The molecule has 0 saturated heterocycles. The van der Waals surface area contributed by atoms with E-state index >= 15 is 0 Å². The van der Waals surface area contributed by atoms with Crippen LogP contribution in [-0.2, 0) is 6.42 Å². The van der Waals surface area contributed by atoms with Crippen molar-refractivity contribution in [3.63, 3.8) is 0 Å². The van der Waals surface area contributed by atoms with Gasteiger partial charge < -0.3 is 10.6 Å². The minimum Gasteiger partial charge on any atom is -0.356 e. The molecule has 0 bridgehead atoms. The Morgan fingerprint density at radius 2 is 2.11 bits per heavy atom. The van der Waals surface area contributed by atoms with Gasteiger partial charge in [-0.15, -0.1) is 0 Å². The molecule has 1 aliphatic carbocycles. The molecule has 2 rings (SSSR count). The van der Waals surface area contributed by atoms with Crippen LogP contribution in [0.1, 0.15) is 18.4 Å². The maximum Gasteiger partial charge on any atom is 0.190 e. The summed E-state index contributed by atoms with van der Waals surface area (Å²) in [5, 5.41) is 6.48. The van der Waals surface area contributed by atoms with Crippen LogP contribution in [0.3, 0.4) is 0 Å². The number of rotatable bonds is 5. The van der Waals surface area contributed by atoms with Gasteiger partial charge in [-0.2, -0.15) is 0 Å². The van der Waals surface area contributed by atoms with Gasteiger partial charge in [0, 0.05) is 20.1 Å². The highest BCUT2D eigenvalue weighted by Crippen LogP contribution is 2.27. The van der Waals surface area contributed by atoms with E-state index in [-0.39, 0.29) is 5.82 Å². The van der Waals surface area contributed by atoms with Crippen molar-refractivity contribution in [2.75, 3.05) is 20.1 Å².